The van der Waals surface area contributed by atoms with Crippen LogP contribution in [0, 0.1) is 11.3 Å². The zero-order chi connectivity index (χ0) is 33.9. The summed E-state index contributed by atoms with van der Waals surface area (Å²) in [4.78, 5) is 5.31. The third kappa shape index (κ3) is 4.62. The lowest BCUT2D eigenvalue weighted by Crippen LogP contribution is -1.93. The van der Waals surface area contributed by atoms with Crippen LogP contribution in [0.3, 0.4) is 0 Å². The molecule has 10 rings (SSSR count). The van der Waals surface area contributed by atoms with Crippen LogP contribution in [-0.4, -0.2) is 9.55 Å². The molecule has 0 aliphatic carbocycles. The van der Waals surface area contributed by atoms with Gasteiger partial charge < -0.3 is 4.57 Å². The molecule has 0 spiro atoms. The van der Waals surface area contributed by atoms with Gasteiger partial charge in [0.25, 0.3) is 0 Å². The summed E-state index contributed by atoms with van der Waals surface area (Å²) < 4.78 is 2.28. The third-order valence-electron chi connectivity index (χ3n) is 10.2. The second kappa shape index (κ2) is 11.6. The Morgan fingerprint density at radius 3 is 1.80 bits per heavy atom. The largest absolute Gasteiger partial charge is 0.309 e. The summed E-state index contributed by atoms with van der Waals surface area (Å²) in [7, 11) is 0. The van der Waals surface area contributed by atoms with Gasteiger partial charge in [-0.15, -0.1) is 0 Å². The van der Waals surface area contributed by atoms with Crippen molar-refractivity contribution >= 4 is 54.3 Å². The number of fused-ring (bicyclic) bond motifs is 8. The fourth-order valence-electron chi connectivity index (χ4n) is 7.84. The molecular formula is C48H29N3. The topological polar surface area (TPSA) is 41.6 Å². The Labute approximate surface area is 294 Å². The van der Waals surface area contributed by atoms with E-state index in [-0.39, 0.29) is 0 Å². The Morgan fingerprint density at radius 1 is 0.431 bits per heavy atom. The summed E-state index contributed by atoms with van der Waals surface area (Å²) in [5.41, 5.74) is 11.6. The number of aromatic nitrogens is 2. The minimum atomic E-state index is 0.655. The monoisotopic (exact) mass is 647 g/mol. The highest BCUT2D eigenvalue weighted by atomic mass is 15.0. The minimum Gasteiger partial charge on any atom is -0.309 e. The molecule has 8 aromatic carbocycles. The van der Waals surface area contributed by atoms with E-state index in [0.717, 1.165) is 66.2 Å². The average Bonchev–Trinajstić information content (AvgIpc) is 3.53. The Balaban J connectivity index is 1.16. The second-order valence-corrected chi connectivity index (χ2v) is 13.1. The number of rotatable bonds is 4. The van der Waals surface area contributed by atoms with Gasteiger partial charge in [0.15, 0.2) is 0 Å². The molecule has 0 unspecified atom stereocenters. The summed E-state index contributed by atoms with van der Waals surface area (Å²) in [6.45, 7) is 0. The van der Waals surface area contributed by atoms with Crippen molar-refractivity contribution < 1.29 is 0 Å². The van der Waals surface area contributed by atoms with Crippen LogP contribution in [0.2, 0.25) is 0 Å². The molecule has 0 N–H and O–H groups in total. The lowest BCUT2D eigenvalue weighted by molar-refractivity contribution is 1.18. The molecule has 3 heteroatoms. The molecule has 0 saturated carbocycles. The van der Waals surface area contributed by atoms with E-state index < -0.39 is 0 Å². The number of para-hydroxylation sites is 2. The number of hydrogen-bond acceptors (Lipinski definition) is 2. The number of pyridine rings is 1. The van der Waals surface area contributed by atoms with E-state index in [1.54, 1.807) is 0 Å². The van der Waals surface area contributed by atoms with Crippen molar-refractivity contribution in [2.24, 2.45) is 0 Å². The molecule has 0 fully saturated rings. The van der Waals surface area contributed by atoms with Crippen molar-refractivity contribution in [1.29, 1.82) is 5.26 Å². The van der Waals surface area contributed by atoms with E-state index in [1.807, 2.05) is 18.2 Å². The molecule has 0 radical (unpaired) electrons. The summed E-state index contributed by atoms with van der Waals surface area (Å²) in [6, 6.07) is 64.4. The molecule has 0 amide bonds. The highest BCUT2D eigenvalue weighted by Gasteiger charge is 2.18. The summed E-state index contributed by atoms with van der Waals surface area (Å²) in [6.07, 6.45) is 0. The molecule has 51 heavy (non-hydrogen) atoms. The Hall–Kier alpha value is -7.02. The third-order valence-corrected chi connectivity index (χ3v) is 10.2. The number of hydrogen-bond donors (Lipinski definition) is 0. The van der Waals surface area contributed by atoms with Crippen LogP contribution >= 0.6 is 0 Å². The zero-order valence-electron chi connectivity index (χ0n) is 27.6. The maximum absolute atomic E-state index is 9.73. The molecule has 0 saturated heterocycles. The molecule has 0 aliphatic heterocycles. The van der Waals surface area contributed by atoms with Crippen molar-refractivity contribution in [3.63, 3.8) is 0 Å². The number of benzene rings is 8. The van der Waals surface area contributed by atoms with Crippen molar-refractivity contribution in [3.05, 3.63) is 181 Å². The molecule has 236 valence electrons. The molecule has 0 atom stereocenters. The maximum atomic E-state index is 9.73. The first-order valence-corrected chi connectivity index (χ1v) is 17.2. The molecule has 2 aromatic heterocycles. The zero-order valence-corrected chi connectivity index (χ0v) is 27.6. The summed E-state index contributed by atoms with van der Waals surface area (Å²) in [5, 5.41) is 17.9. The van der Waals surface area contributed by atoms with E-state index in [0.29, 0.717) is 5.56 Å². The van der Waals surface area contributed by atoms with Gasteiger partial charge in [0.2, 0.25) is 0 Å². The Morgan fingerprint density at radius 2 is 1.04 bits per heavy atom. The van der Waals surface area contributed by atoms with Crippen LogP contribution in [0.1, 0.15) is 5.56 Å². The SMILES string of the molecule is N#Cc1ccc2c(c1)c1cc(-c3ccc(-c4nc5ccccc5c5c4cc(-c4ccccc4)c4ccccc45)cc3)ccc1n2-c1ccccc1. The first kappa shape index (κ1) is 28.9. The van der Waals surface area contributed by atoms with Crippen LogP contribution in [0.15, 0.2) is 176 Å². The van der Waals surface area contributed by atoms with Crippen LogP contribution in [-0.2, 0) is 0 Å². The van der Waals surface area contributed by atoms with E-state index in [4.69, 9.17) is 4.98 Å². The molecule has 10 aromatic rings. The Kier molecular flexibility index (Phi) is 6.56. The lowest BCUT2D eigenvalue weighted by atomic mass is 9.89. The van der Waals surface area contributed by atoms with Gasteiger partial charge >= 0.3 is 0 Å². The first-order valence-electron chi connectivity index (χ1n) is 17.2. The molecule has 2 heterocycles. The maximum Gasteiger partial charge on any atom is 0.0991 e. The normalized spacial score (nSPS) is 11.5. The van der Waals surface area contributed by atoms with E-state index in [2.05, 4.69) is 168 Å². The minimum absolute atomic E-state index is 0.655. The van der Waals surface area contributed by atoms with Gasteiger partial charge in [-0.2, -0.15) is 5.26 Å². The molecule has 3 nitrogen and oxygen atoms in total. The second-order valence-electron chi connectivity index (χ2n) is 13.1. The first-order chi connectivity index (χ1) is 25.2. The average molecular weight is 648 g/mol. The summed E-state index contributed by atoms with van der Waals surface area (Å²) >= 11 is 0. The quantitative estimate of drug-likeness (QED) is 0.178. The van der Waals surface area contributed by atoms with E-state index in [9.17, 15) is 5.26 Å². The predicted molar refractivity (Wildman–Crippen MR) is 212 cm³/mol. The lowest BCUT2D eigenvalue weighted by Gasteiger charge is -2.16. The van der Waals surface area contributed by atoms with Gasteiger partial charge in [-0.05, 0) is 87.6 Å². The van der Waals surface area contributed by atoms with Gasteiger partial charge in [-0.25, -0.2) is 4.98 Å². The molecular weight excluding hydrogens is 619 g/mol. The van der Waals surface area contributed by atoms with Crippen molar-refractivity contribution in [3.8, 4) is 45.3 Å². The van der Waals surface area contributed by atoms with Crippen LogP contribution in [0.5, 0.6) is 0 Å². The fourth-order valence-corrected chi connectivity index (χ4v) is 7.84. The van der Waals surface area contributed by atoms with Gasteiger partial charge in [-0.3, -0.25) is 0 Å². The highest BCUT2D eigenvalue weighted by molar-refractivity contribution is 6.25. The standard InChI is InChI=1S/C48H29N3/c49-30-31-19-25-45-41(27-31)42-28-35(24-26-46(42)51(45)36-13-5-2-6-14-36)32-20-22-34(23-21-32)48-43-29-40(33-11-3-1-4-12-33)37-15-7-8-16-38(37)47(43)39-17-9-10-18-44(39)50-48/h1-29H. The van der Waals surface area contributed by atoms with Gasteiger partial charge in [0.1, 0.15) is 0 Å². The van der Waals surface area contributed by atoms with Gasteiger partial charge in [0.05, 0.1) is 33.9 Å². The predicted octanol–water partition coefficient (Wildman–Crippen LogP) is 12.5. The molecule has 0 bridgehead atoms. The van der Waals surface area contributed by atoms with Crippen LogP contribution in [0.25, 0.3) is 93.5 Å². The fraction of sp³-hybridized carbons (Fsp3) is 0. The van der Waals surface area contributed by atoms with E-state index in [1.165, 1.54) is 27.3 Å². The summed E-state index contributed by atoms with van der Waals surface area (Å²) in [5.74, 6) is 0. The highest BCUT2D eigenvalue weighted by Crippen LogP contribution is 2.42. The molecule has 0 aliphatic rings. The Bertz CT molecular complexity index is 3000. The van der Waals surface area contributed by atoms with Crippen LogP contribution in [0.4, 0.5) is 0 Å². The number of nitriles is 1. The van der Waals surface area contributed by atoms with Crippen molar-refractivity contribution in [2.75, 3.05) is 0 Å². The van der Waals surface area contributed by atoms with E-state index >= 15 is 0 Å². The van der Waals surface area contributed by atoms with Crippen molar-refractivity contribution in [2.45, 2.75) is 0 Å². The van der Waals surface area contributed by atoms with Crippen molar-refractivity contribution in [1.82, 2.24) is 9.55 Å². The number of nitrogens with zero attached hydrogens (tertiary/aromatic N) is 3. The van der Waals surface area contributed by atoms with Crippen LogP contribution < -0.4 is 0 Å². The van der Waals surface area contributed by atoms with Gasteiger partial charge in [0, 0.05) is 38.2 Å². The smallest absolute Gasteiger partial charge is 0.0991 e. The van der Waals surface area contributed by atoms with Gasteiger partial charge in [-0.1, -0.05) is 121 Å².